The molecule has 0 saturated carbocycles. The Bertz CT molecular complexity index is 1540. The largest absolute Gasteiger partial charge is 0.460 e. The smallest absolute Gasteiger partial charge is 0.372 e. The molecule has 3 rings (SSSR count). The van der Waals surface area contributed by atoms with E-state index in [1.54, 1.807) is 12.1 Å². The first-order valence-corrected chi connectivity index (χ1v) is 14.0. The van der Waals surface area contributed by atoms with Gasteiger partial charge in [-0.2, -0.15) is 77.5 Å². The molecule has 0 fully saturated rings. The Morgan fingerprint density at radius 3 is 1.13 bits per heavy atom. The van der Waals surface area contributed by atoms with E-state index in [4.69, 9.17) is 0 Å². The minimum Gasteiger partial charge on any atom is -0.372 e. The number of rotatable bonds is 13. The maximum atomic E-state index is 14.1. The van der Waals surface area contributed by atoms with Crippen LogP contribution in [0.5, 0.6) is 0 Å². The minimum atomic E-state index is -7.95. The molecule has 0 aliphatic rings. The second kappa shape index (κ2) is 13.7. The maximum Gasteiger partial charge on any atom is 0.460 e. The summed E-state index contributed by atoms with van der Waals surface area (Å²) in [5.74, 6) is -31.0. The summed E-state index contributed by atoms with van der Waals surface area (Å²) in [6, 6.07) is 16.4. The van der Waals surface area contributed by atoms with Gasteiger partial charge in [0.1, 0.15) is 0 Å². The molecule has 0 aliphatic carbocycles. The van der Waals surface area contributed by atoms with Crippen LogP contribution >= 0.6 is 11.8 Å². The third-order valence-electron chi connectivity index (χ3n) is 6.38. The Hall–Kier alpha value is -3.90. The maximum absolute atomic E-state index is 14.1. The summed E-state index contributed by atoms with van der Waals surface area (Å²) in [7, 11) is 0. The van der Waals surface area contributed by atoms with Crippen molar-refractivity contribution in [3.63, 3.8) is 0 Å². The quantitative estimate of drug-likeness (QED) is 0.101. The summed E-state index contributed by atoms with van der Waals surface area (Å²) in [5.41, 5.74) is 2.24. The minimum absolute atomic E-state index is 0.0944. The van der Waals surface area contributed by atoms with Crippen LogP contribution in [0, 0.1) is 0 Å². The van der Waals surface area contributed by atoms with Crippen LogP contribution in [-0.4, -0.2) is 48.2 Å². The van der Waals surface area contributed by atoms with Gasteiger partial charge in [0.05, 0.1) is 22.7 Å². The highest BCUT2D eigenvalue weighted by Crippen LogP contribution is 2.62. The first-order chi connectivity index (χ1) is 21.6. The fourth-order valence-electron chi connectivity index (χ4n) is 3.68. The van der Waals surface area contributed by atoms with Crippen molar-refractivity contribution < 1.29 is 57.1 Å². The van der Waals surface area contributed by atoms with Crippen molar-refractivity contribution in [3.8, 4) is 0 Å². The van der Waals surface area contributed by atoms with Gasteiger partial charge >= 0.3 is 35.1 Å². The van der Waals surface area contributed by atoms with Crippen LogP contribution in [0.4, 0.5) is 85.5 Å². The van der Waals surface area contributed by atoms with Gasteiger partial charge in [0, 0.05) is 23.7 Å². The Morgan fingerprint density at radius 1 is 0.468 bits per heavy atom. The second-order valence-electron chi connectivity index (χ2n) is 9.51. The van der Waals surface area contributed by atoms with Crippen LogP contribution in [0.15, 0.2) is 98.1 Å². The van der Waals surface area contributed by atoms with Crippen LogP contribution in [0.1, 0.15) is 13.8 Å². The first kappa shape index (κ1) is 37.6. The van der Waals surface area contributed by atoms with Gasteiger partial charge in [-0.1, -0.05) is 0 Å². The van der Waals surface area contributed by atoms with E-state index in [-0.39, 0.29) is 11.4 Å². The normalized spacial score (nSPS) is 13.9. The number of thioether (sulfide) groups is 1. The lowest BCUT2D eigenvalue weighted by atomic mass is 9.98. The van der Waals surface area contributed by atoms with E-state index >= 15 is 0 Å². The Morgan fingerprint density at radius 2 is 0.787 bits per heavy atom. The fourth-order valence-corrected chi connectivity index (χ4v) is 4.51. The van der Waals surface area contributed by atoms with Gasteiger partial charge < -0.3 is 4.90 Å². The van der Waals surface area contributed by atoms with E-state index in [1.165, 1.54) is 24.3 Å². The number of alkyl halides is 13. The van der Waals surface area contributed by atoms with Gasteiger partial charge in [0.15, 0.2) is 0 Å². The molecule has 3 aromatic carbocycles. The molecule has 0 atom stereocenters. The van der Waals surface area contributed by atoms with Crippen molar-refractivity contribution in [1.82, 2.24) is 0 Å². The SMILES string of the molecule is CCN(CC)c1ccc(N=Nc2ccc(N=Nc3ccc(SC(F)(F)C(F)(F)C(F)(F)C(F)(F)C(F)(F)C(F)(F)F)cc3)cc2)cc1. The van der Waals surface area contributed by atoms with Crippen molar-refractivity contribution in [1.29, 1.82) is 0 Å². The molecular formula is C28H22F13N5S. The molecule has 0 amide bonds. The second-order valence-corrected chi connectivity index (χ2v) is 10.7. The van der Waals surface area contributed by atoms with E-state index < -0.39 is 51.8 Å². The lowest BCUT2D eigenvalue weighted by Gasteiger charge is -2.39. The molecule has 0 bridgehead atoms. The predicted molar refractivity (Wildman–Crippen MR) is 148 cm³/mol. The molecule has 0 heterocycles. The van der Waals surface area contributed by atoms with Crippen LogP contribution < -0.4 is 4.90 Å². The average molecular weight is 708 g/mol. The van der Waals surface area contributed by atoms with Crippen molar-refractivity contribution in [2.45, 2.75) is 53.9 Å². The Labute approximate surface area is 262 Å². The standard InChI is InChI=1S/C28H22F13N5S/c1-3-46(4-2)21-13-9-19(10-14-21)44-42-17-5-7-18(8-6-17)43-45-20-11-15-22(16-12-20)47-28(40,41)26(35,36)24(31,32)23(29,30)25(33,34)27(37,38)39/h5-16H,3-4H2,1-2H3. The van der Waals surface area contributed by atoms with Crippen molar-refractivity contribution in [3.05, 3.63) is 72.8 Å². The molecule has 0 saturated heterocycles. The number of benzene rings is 3. The summed E-state index contributed by atoms with van der Waals surface area (Å²) in [4.78, 5) is 1.17. The fraction of sp³-hybridized carbons (Fsp3) is 0.357. The lowest BCUT2D eigenvalue weighted by Crippen LogP contribution is -2.69. The highest BCUT2D eigenvalue weighted by molar-refractivity contribution is 8.00. The van der Waals surface area contributed by atoms with Gasteiger partial charge in [-0.3, -0.25) is 0 Å². The molecule has 19 heteroatoms. The van der Waals surface area contributed by atoms with Crippen molar-refractivity contribution >= 4 is 40.2 Å². The molecule has 0 spiro atoms. The van der Waals surface area contributed by atoms with Crippen molar-refractivity contribution in [2.75, 3.05) is 18.0 Å². The highest BCUT2D eigenvalue weighted by atomic mass is 32.2. The third kappa shape index (κ3) is 7.65. The van der Waals surface area contributed by atoms with E-state index in [2.05, 4.69) is 25.4 Å². The molecular weight excluding hydrogens is 685 g/mol. The molecule has 0 N–H and O–H groups in total. The topological polar surface area (TPSA) is 52.7 Å². The third-order valence-corrected chi connectivity index (χ3v) is 7.40. The summed E-state index contributed by atoms with van der Waals surface area (Å²) in [5, 5.41) is 9.56. The zero-order chi connectivity index (χ0) is 35.5. The molecule has 256 valence electrons. The van der Waals surface area contributed by atoms with Gasteiger partial charge in [-0.05, 0) is 98.4 Å². The average Bonchev–Trinajstić information content (AvgIpc) is 3.00. The summed E-state index contributed by atoms with van der Waals surface area (Å²) < 4.78 is 173. The predicted octanol–water partition coefficient (Wildman–Crippen LogP) is 12.2. The van der Waals surface area contributed by atoms with E-state index in [9.17, 15) is 57.1 Å². The van der Waals surface area contributed by atoms with Crippen molar-refractivity contribution in [2.24, 2.45) is 20.5 Å². The summed E-state index contributed by atoms with van der Waals surface area (Å²) in [6.07, 6.45) is -7.46. The Balaban J connectivity index is 1.67. The van der Waals surface area contributed by atoms with Crippen LogP contribution in [0.25, 0.3) is 0 Å². The molecule has 5 nitrogen and oxygen atoms in total. The molecule has 0 aromatic heterocycles. The van der Waals surface area contributed by atoms with Crippen LogP contribution in [-0.2, 0) is 0 Å². The number of anilines is 1. The van der Waals surface area contributed by atoms with Gasteiger partial charge in [0.2, 0.25) is 0 Å². The Kier molecular flexibility index (Phi) is 10.9. The van der Waals surface area contributed by atoms with E-state index in [1.807, 2.05) is 26.0 Å². The first-order valence-electron chi connectivity index (χ1n) is 13.1. The number of halogens is 13. The molecule has 0 radical (unpaired) electrons. The molecule has 47 heavy (non-hydrogen) atoms. The highest BCUT2D eigenvalue weighted by Gasteiger charge is 2.90. The molecule has 0 unspecified atom stereocenters. The zero-order valence-corrected chi connectivity index (χ0v) is 24.7. The van der Waals surface area contributed by atoms with E-state index in [0.29, 0.717) is 23.5 Å². The number of hydrogen-bond acceptors (Lipinski definition) is 6. The molecule has 0 aliphatic heterocycles. The number of azo groups is 2. The lowest BCUT2D eigenvalue weighted by molar-refractivity contribution is -0.433. The zero-order valence-electron chi connectivity index (χ0n) is 23.9. The number of hydrogen-bond donors (Lipinski definition) is 0. The number of nitrogens with zero attached hydrogens (tertiary/aromatic N) is 5. The van der Waals surface area contributed by atoms with Crippen LogP contribution in [0.3, 0.4) is 0 Å². The molecule has 3 aromatic rings. The van der Waals surface area contributed by atoms with Gasteiger partial charge in [-0.25, -0.2) is 0 Å². The van der Waals surface area contributed by atoms with Gasteiger partial charge in [-0.15, -0.1) is 0 Å². The summed E-state index contributed by atoms with van der Waals surface area (Å²) in [6.45, 7) is 5.75. The van der Waals surface area contributed by atoms with Gasteiger partial charge in [0.25, 0.3) is 0 Å². The summed E-state index contributed by atoms with van der Waals surface area (Å²) >= 11 is -1.47. The van der Waals surface area contributed by atoms with E-state index in [0.717, 1.165) is 30.9 Å². The van der Waals surface area contributed by atoms with Crippen LogP contribution in [0.2, 0.25) is 0 Å². The monoisotopic (exact) mass is 707 g/mol.